The van der Waals surface area contributed by atoms with Gasteiger partial charge >= 0.3 is 29.6 Å². The van der Waals surface area contributed by atoms with E-state index in [4.69, 9.17) is 0 Å². The molecule has 6 N–H and O–H groups in total. The van der Waals surface area contributed by atoms with Crippen LogP contribution in [0.15, 0.2) is 0 Å². The van der Waals surface area contributed by atoms with Gasteiger partial charge in [0.2, 0.25) is 5.91 Å². The molecule has 11 heteroatoms. The van der Waals surface area contributed by atoms with Crippen LogP contribution in [0.25, 0.3) is 0 Å². The first-order valence-corrected chi connectivity index (χ1v) is 15.1. The van der Waals surface area contributed by atoms with Gasteiger partial charge < -0.3 is 30.7 Å². The Hall–Kier alpha value is 0.220. The van der Waals surface area contributed by atoms with Crippen molar-refractivity contribution in [3.8, 4) is 0 Å². The standard InChI is InChI=1S/C26H45NO7S.Na.H2O/c1-15(4-7-23(31)27-10-11-35(32,33)34)18-5-6-19-24-20(14-22(30)26(18,19)3)25(2)9-8-17(28)12-16(25)13-21(24)29;;/h15-22,24,28-30H,4-14H2,1-3H3,(H,27,31)(H,32,33,34);;1H2/q;+1;/p-1/t15-,16+,17-,18-,19+,20+,21-,22+,24?,25+,26-;;/m1../s1. The minimum Gasteiger partial charge on any atom is -0.748 e. The van der Waals surface area contributed by atoms with Gasteiger partial charge in [0, 0.05) is 13.0 Å². The van der Waals surface area contributed by atoms with E-state index in [1.165, 1.54) is 0 Å². The van der Waals surface area contributed by atoms with Crippen LogP contribution in [0, 0.1) is 46.3 Å². The maximum atomic E-state index is 12.2. The molecule has 4 fully saturated rings. The molecular weight excluding hydrogens is 509 g/mol. The first kappa shape index (κ1) is 33.4. The van der Waals surface area contributed by atoms with Gasteiger partial charge in [-0.1, -0.05) is 20.8 Å². The fourth-order valence-electron chi connectivity index (χ4n) is 9.10. The van der Waals surface area contributed by atoms with Crippen LogP contribution in [0.5, 0.6) is 0 Å². The average molecular weight is 556 g/mol. The van der Waals surface area contributed by atoms with Crippen molar-refractivity contribution in [3.05, 3.63) is 0 Å². The van der Waals surface area contributed by atoms with E-state index in [1.807, 2.05) is 0 Å². The van der Waals surface area contributed by atoms with E-state index >= 15 is 0 Å². The molecule has 1 unspecified atom stereocenters. The summed E-state index contributed by atoms with van der Waals surface area (Å²) in [4.78, 5) is 12.2. The topological polar surface area (TPSA) is 178 Å². The zero-order valence-electron chi connectivity index (χ0n) is 22.9. The molecule has 0 aromatic carbocycles. The van der Waals surface area contributed by atoms with E-state index in [9.17, 15) is 33.1 Å². The predicted octanol–water partition coefficient (Wildman–Crippen LogP) is -1.80. The van der Waals surface area contributed by atoms with E-state index in [0.29, 0.717) is 18.8 Å². The third-order valence-corrected chi connectivity index (χ3v) is 11.7. The number of rotatable bonds is 7. The van der Waals surface area contributed by atoms with E-state index < -0.39 is 28.1 Å². The first-order valence-electron chi connectivity index (χ1n) is 13.5. The molecule has 0 aromatic heterocycles. The van der Waals surface area contributed by atoms with Crippen LogP contribution in [-0.2, 0) is 14.9 Å². The molecule has 0 radical (unpaired) electrons. The van der Waals surface area contributed by atoms with Gasteiger partial charge in [0.1, 0.15) is 0 Å². The minimum absolute atomic E-state index is 0. The second kappa shape index (κ2) is 12.4. The van der Waals surface area contributed by atoms with Crippen molar-refractivity contribution in [3.63, 3.8) is 0 Å². The van der Waals surface area contributed by atoms with Crippen molar-refractivity contribution in [1.29, 1.82) is 0 Å². The van der Waals surface area contributed by atoms with E-state index in [1.54, 1.807) is 0 Å². The van der Waals surface area contributed by atoms with Crippen molar-refractivity contribution < 1.29 is 68.1 Å². The summed E-state index contributed by atoms with van der Waals surface area (Å²) in [6.07, 6.45) is 5.58. The summed E-state index contributed by atoms with van der Waals surface area (Å²) in [6, 6.07) is 0. The van der Waals surface area contributed by atoms with Crippen molar-refractivity contribution >= 4 is 16.0 Å². The molecule has 0 saturated heterocycles. The number of hydrogen-bond donors (Lipinski definition) is 4. The third kappa shape index (κ3) is 6.43. The average Bonchev–Trinajstić information content (AvgIpc) is 3.12. The van der Waals surface area contributed by atoms with Gasteiger partial charge in [-0.25, -0.2) is 8.42 Å². The van der Waals surface area contributed by atoms with Crippen molar-refractivity contribution in [2.75, 3.05) is 12.3 Å². The zero-order chi connectivity index (χ0) is 25.8. The Morgan fingerprint density at radius 3 is 2.41 bits per heavy atom. The van der Waals surface area contributed by atoms with E-state index in [-0.39, 0.29) is 100 Å². The van der Waals surface area contributed by atoms with Crippen LogP contribution in [0.2, 0.25) is 0 Å². The smallest absolute Gasteiger partial charge is 0.748 e. The maximum Gasteiger partial charge on any atom is 1.00 e. The molecule has 4 rings (SSSR count). The molecule has 1 amide bonds. The minimum atomic E-state index is -4.35. The van der Waals surface area contributed by atoms with Gasteiger partial charge in [0.15, 0.2) is 0 Å². The van der Waals surface area contributed by atoms with Gasteiger partial charge in [-0.3, -0.25) is 4.79 Å². The second-order valence-corrected chi connectivity index (χ2v) is 14.2. The van der Waals surface area contributed by atoms with Gasteiger partial charge in [0.05, 0.1) is 34.2 Å². The summed E-state index contributed by atoms with van der Waals surface area (Å²) < 4.78 is 32.2. The van der Waals surface area contributed by atoms with Crippen LogP contribution in [0.4, 0.5) is 0 Å². The summed E-state index contributed by atoms with van der Waals surface area (Å²) in [7, 11) is -4.35. The molecule has 0 bridgehead atoms. The number of hydrogen-bond acceptors (Lipinski definition) is 7. The number of nitrogens with one attached hydrogen (secondary N) is 1. The largest absolute Gasteiger partial charge is 1.00 e. The number of amides is 1. The SMILES string of the molecule is C[C@H](CCC(=O)NCCS(=O)(=O)[O-])[C@H]1CC[C@H]2C3[C@H](O)C[C@@H]4C[C@H](O)CC[C@]4(C)[C@H]3C[C@H](O)[C@]12C.O.[Na+]. The van der Waals surface area contributed by atoms with E-state index in [2.05, 4.69) is 26.1 Å². The molecule has 37 heavy (non-hydrogen) atoms. The van der Waals surface area contributed by atoms with Gasteiger partial charge in [0.25, 0.3) is 0 Å². The molecule has 4 aliphatic rings. The Balaban J connectivity index is 0.00000241. The molecule has 9 nitrogen and oxygen atoms in total. The summed E-state index contributed by atoms with van der Waals surface area (Å²) in [5, 5.41) is 35.7. The Morgan fingerprint density at radius 2 is 1.76 bits per heavy atom. The summed E-state index contributed by atoms with van der Waals surface area (Å²) in [5.41, 5.74) is -0.267. The summed E-state index contributed by atoms with van der Waals surface area (Å²) in [5.74, 6) is 0.522. The molecule has 11 atom stereocenters. The quantitative estimate of drug-likeness (QED) is 0.211. The predicted molar refractivity (Wildman–Crippen MR) is 134 cm³/mol. The number of aliphatic hydroxyl groups excluding tert-OH is 3. The molecular formula is C26H46NNaO8S. The van der Waals surface area contributed by atoms with Gasteiger partial charge in [-0.2, -0.15) is 0 Å². The molecule has 0 aromatic rings. The molecule has 4 saturated carbocycles. The zero-order valence-corrected chi connectivity index (χ0v) is 25.7. The van der Waals surface area contributed by atoms with E-state index in [0.717, 1.165) is 38.5 Å². The number of carbonyl (C=O) groups excluding carboxylic acids is 1. The number of carbonyl (C=O) groups is 1. The fourth-order valence-corrected chi connectivity index (χ4v) is 9.45. The molecule has 0 spiro atoms. The van der Waals surface area contributed by atoms with Crippen LogP contribution in [-0.4, -0.2) is 70.3 Å². The Kier molecular flexibility index (Phi) is 11.2. The Morgan fingerprint density at radius 1 is 1.08 bits per heavy atom. The van der Waals surface area contributed by atoms with Gasteiger partial charge in [-0.15, -0.1) is 0 Å². The van der Waals surface area contributed by atoms with Crippen molar-refractivity contribution in [1.82, 2.24) is 5.32 Å². The second-order valence-electron chi connectivity index (χ2n) is 12.7. The van der Waals surface area contributed by atoms with Gasteiger partial charge in [-0.05, 0) is 97.7 Å². The van der Waals surface area contributed by atoms with Crippen LogP contribution >= 0.6 is 0 Å². The fraction of sp³-hybridized carbons (Fsp3) is 0.962. The number of aliphatic hydroxyl groups is 3. The van der Waals surface area contributed by atoms with Crippen LogP contribution in [0.3, 0.4) is 0 Å². The molecule has 4 aliphatic carbocycles. The normalized spacial score (nSPS) is 43.8. The summed E-state index contributed by atoms with van der Waals surface area (Å²) >= 11 is 0. The van der Waals surface area contributed by atoms with Crippen molar-refractivity contribution in [2.45, 2.75) is 96.9 Å². The van der Waals surface area contributed by atoms with Crippen molar-refractivity contribution in [2.24, 2.45) is 46.3 Å². The molecule has 210 valence electrons. The maximum absolute atomic E-state index is 12.2. The Labute approximate surface area is 243 Å². The van der Waals surface area contributed by atoms with Crippen LogP contribution in [0.1, 0.15) is 78.6 Å². The molecule has 0 aliphatic heterocycles. The Bertz CT molecular complexity index is 905. The summed E-state index contributed by atoms with van der Waals surface area (Å²) in [6.45, 7) is 6.48. The third-order valence-electron chi connectivity index (χ3n) is 11.0. The van der Waals surface area contributed by atoms with Crippen LogP contribution < -0.4 is 34.9 Å². The first-order chi connectivity index (χ1) is 16.3. The number of fused-ring (bicyclic) bond motifs is 5. The monoisotopic (exact) mass is 555 g/mol. The molecule has 0 heterocycles.